The van der Waals surface area contributed by atoms with Crippen molar-refractivity contribution < 1.29 is 22.7 Å². The molecule has 1 unspecified atom stereocenters. The number of methoxy groups -OCH3 is 2. The minimum Gasteiger partial charge on any atom is -0.497 e. The molecule has 9 nitrogen and oxygen atoms in total. The predicted molar refractivity (Wildman–Crippen MR) is 213 cm³/mol. The van der Waals surface area contributed by atoms with Crippen LogP contribution in [-0.4, -0.2) is 42.1 Å². The Labute approximate surface area is 321 Å². The van der Waals surface area contributed by atoms with E-state index in [4.69, 9.17) is 29.0 Å². The summed E-state index contributed by atoms with van der Waals surface area (Å²) in [5.74, 6) is 0.827. The second kappa shape index (κ2) is 15.8. The molecule has 2 heterocycles. The van der Waals surface area contributed by atoms with E-state index in [0.29, 0.717) is 41.6 Å². The van der Waals surface area contributed by atoms with Gasteiger partial charge in [-0.1, -0.05) is 75.9 Å². The van der Waals surface area contributed by atoms with Crippen LogP contribution in [0.15, 0.2) is 97.7 Å². The van der Waals surface area contributed by atoms with Gasteiger partial charge in [0.1, 0.15) is 35.3 Å². The molecule has 0 fully saturated rings. The summed E-state index contributed by atoms with van der Waals surface area (Å²) in [6.45, 7) is 15.2. The zero-order chi connectivity index (χ0) is 39.5. The summed E-state index contributed by atoms with van der Waals surface area (Å²) in [5, 5.41) is 14.4. The summed E-state index contributed by atoms with van der Waals surface area (Å²) < 4.78 is 51.3. The molecule has 6 aromatic rings. The summed E-state index contributed by atoms with van der Waals surface area (Å²) in [5.41, 5.74) is 3.28. The Hall–Kier alpha value is -5.90. The Kier molecular flexibility index (Phi) is 11.2. The number of nitrogens with zero attached hydrogens (tertiary/aromatic N) is 6. The molecule has 12 heteroatoms. The average molecular weight is 759 g/mol. The van der Waals surface area contributed by atoms with Gasteiger partial charge in [-0.25, -0.2) is 23.3 Å². The van der Waals surface area contributed by atoms with E-state index in [9.17, 15) is 5.26 Å². The van der Waals surface area contributed by atoms with E-state index in [1.54, 1.807) is 50.8 Å². The van der Waals surface area contributed by atoms with Gasteiger partial charge < -0.3 is 18.8 Å². The maximum absolute atomic E-state index is 16.0. The van der Waals surface area contributed by atoms with Crippen LogP contribution >= 0.6 is 0 Å². The Bertz CT molecular complexity index is 2320. The van der Waals surface area contributed by atoms with Gasteiger partial charge in [0.2, 0.25) is 0 Å². The minimum atomic E-state index is -2.59. The van der Waals surface area contributed by atoms with Crippen LogP contribution in [0, 0.1) is 23.0 Å². The van der Waals surface area contributed by atoms with Crippen LogP contribution in [-0.2, 0) is 17.5 Å². The fourth-order valence-electron chi connectivity index (χ4n) is 5.99. The van der Waals surface area contributed by atoms with Gasteiger partial charge in [-0.05, 0) is 77.3 Å². The van der Waals surface area contributed by atoms with Crippen LogP contribution in [0.25, 0.3) is 23.0 Å². The number of ether oxygens (including phenoxy) is 2. The van der Waals surface area contributed by atoms with Gasteiger partial charge in [0.25, 0.3) is 0 Å². The third-order valence-corrected chi connectivity index (χ3v) is 14.5. The molecule has 55 heavy (non-hydrogen) atoms. The minimum absolute atomic E-state index is 0.116. The molecule has 0 aliphatic rings. The van der Waals surface area contributed by atoms with Crippen LogP contribution < -0.4 is 14.4 Å². The molecule has 0 N–H and O–H groups in total. The highest BCUT2D eigenvalue weighted by Crippen LogP contribution is 2.43. The van der Waals surface area contributed by atoms with E-state index in [1.165, 1.54) is 16.6 Å². The highest BCUT2D eigenvalue weighted by atomic mass is 28.4. The number of fused-ring (bicyclic) bond motifs is 1. The Morgan fingerprint density at radius 2 is 1.49 bits per heavy atom. The SMILES string of the molecule is C=Cc1cccc(F)c1C(O[Si](C)(C)C(C)(C)C)c1nc2c(N(Cc3ccc(OC)cc3)Cc3ccc(OC)cc3)nc(-c3cccc(C#N)c3F)cn2n1. The predicted octanol–water partition coefficient (Wildman–Crippen LogP) is 9.92. The molecule has 0 aliphatic carbocycles. The molecular formula is C43H44F2N6O3Si. The molecule has 0 spiro atoms. The lowest BCUT2D eigenvalue weighted by atomic mass is 10.0. The fourth-order valence-corrected chi connectivity index (χ4v) is 7.16. The van der Waals surface area contributed by atoms with E-state index >= 15 is 8.78 Å². The molecule has 0 saturated heterocycles. The maximum atomic E-state index is 16.0. The zero-order valence-corrected chi connectivity index (χ0v) is 33.1. The summed E-state index contributed by atoms with van der Waals surface area (Å²) in [7, 11) is 0.633. The Balaban J connectivity index is 1.62. The fraction of sp³-hybridized carbons (Fsp3) is 0.256. The molecule has 4 aromatic carbocycles. The summed E-state index contributed by atoms with van der Waals surface area (Å²) in [6.07, 6.45) is 2.16. The van der Waals surface area contributed by atoms with E-state index in [2.05, 4.69) is 40.4 Å². The van der Waals surface area contributed by atoms with Crippen LogP contribution in [0.4, 0.5) is 14.6 Å². The lowest BCUT2D eigenvalue weighted by molar-refractivity contribution is 0.208. The molecule has 0 saturated carbocycles. The van der Waals surface area contributed by atoms with Crippen molar-refractivity contribution in [3.8, 4) is 28.8 Å². The second-order valence-electron chi connectivity index (χ2n) is 14.7. The van der Waals surface area contributed by atoms with E-state index < -0.39 is 26.1 Å². The maximum Gasteiger partial charge on any atom is 0.198 e. The monoisotopic (exact) mass is 758 g/mol. The number of nitriles is 1. The molecule has 282 valence electrons. The van der Waals surface area contributed by atoms with Gasteiger partial charge in [-0.3, -0.25) is 0 Å². The smallest absolute Gasteiger partial charge is 0.198 e. The van der Waals surface area contributed by atoms with Crippen molar-refractivity contribution in [1.29, 1.82) is 5.26 Å². The summed E-state index contributed by atoms with van der Waals surface area (Å²) in [6, 6.07) is 26.7. The number of anilines is 1. The van der Waals surface area contributed by atoms with Crippen LogP contribution in [0.1, 0.15) is 60.5 Å². The van der Waals surface area contributed by atoms with Gasteiger partial charge in [0.15, 0.2) is 25.6 Å². The van der Waals surface area contributed by atoms with Crippen molar-refractivity contribution in [2.45, 2.75) is 58.1 Å². The van der Waals surface area contributed by atoms with Crippen molar-refractivity contribution in [2.24, 2.45) is 0 Å². The number of halogens is 2. The number of hydrogen-bond donors (Lipinski definition) is 0. The summed E-state index contributed by atoms with van der Waals surface area (Å²) >= 11 is 0. The van der Waals surface area contributed by atoms with E-state index in [0.717, 1.165) is 11.1 Å². The van der Waals surface area contributed by atoms with Crippen molar-refractivity contribution in [2.75, 3.05) is 19.1 Å². The first-order valence-corrected chi connectivity index (χ1v) is 20.7. The van der Waals surface area contributed by atoms with Crippen molar-refractivity contribution in [1.82, 2.24) is 19.6 Å². The molecule has 0 aliphatic heterocycles. The number of hydrogen-bond acceptors (Lipinski definition) is 8. The van der Waals surface area contributed by atoms with E-state index in [1.807, 2.05) is 59.5 Å². The largest absolute Gasteiger partial charge is 0.497 e. The molecule has 0 amide bonds. The van der Waals surface area contributed by atoms with Crippen LogP contribution in [0.2, 0.25) is 18.1 Å². The second-order valence-corrected chi connectivity index (χ2v) is 19.5. The molecule has 6 rings (SSSR count). The van der Waals surface area contributed by atoms with Crippen LogP contribution in [0.5, 0.6) is 11.5 Å². The van der Waals surface area contributed by atoms with E-state index in [-0.39, 0.29) is 33.2 Å². The molecule has 0 bridgehead atoms. The Morgan fingerprint density at radius 3 is 2.04 bits per heavy atom. The highest BCUT2D eigenvalue weighted by molar-refractivity contribution is 6.74. The Morgan fingerprint density at radius 1 is 0.891 bits per heavy atom. The summed E-state index contributed by atoms with van der Waals surface area (Å²) in [4.78, 5) is 12.2. The first kappa shape index (κ1) is 38.8. The third kappa shape index (κ3) is 8.13. The molecule has 1 atom stereocenters. The lowest BCUT2D eigenvalue weighted by Crippen LogP contribution is -2.42. The number of benzene rings is 4. The molecule has 0 radical (unpaired) electrons. The van der Waals surface area contributed by atoms with Gasteiger partial charge >= 0.3 is 0 Å². The van der Waals surface area contributed by atoms with Crippen molar-refractivity contribution in [3.05, 3.63) is 143 Å². The van der Waals surface area contributed by atoms with Crippen molar-refractivity contribution >= 4 is 25.9 Å². The first-order chi connectivity index (χ1) is 26.3. The average Bonchev–Trinajstić information content (AvgIpc) is 3.61. The van der Waals surface area contributed by atoms with Gasteiger partial charge in [0.05, 0.1) is 31.7 Å². The number of aromatic nitrogens is 4. The normalized spacial score (nSPS) is 12.3. The zero-order valence-electron chi connectivity index (χ0n) is 32.1. The topological polar surface area (TPSA) is 97.8 Å². The molecule has 2 aromatic heterocycles. The quantitative estimate of drug-likeness (QED) is 0.107. The van der Waals surface area contributed by atoms with Gasteiger partial charge in [0, 0.05) is 24.2 Å². The lowest BCUT2D eigenvalue weighted by Gasteiger charge is -2.39. The first-order valence-electron chi connectivity index (χ1n) is 17.8. The van der Waals surface area contributed by atoms with Crippen molar-refractivity contribution in [3.63, 3.8) is 0 Å². The van der Waals surface area contributed by atoms with Gasteiger partial charge in [-0.15, -0.1) is 5.10 Å². The van der Waals surface area contributed by atoms with Gasteiger partial charge in [-0.2, -0.15) is 5.26 Å². The highest BCUT2D eigenvalue weighted by Gasteiger charge is 2.42. The third-order valence-electron chi connectivity index (χ3n) is 10.1. The standard InChI is InChI=1S/C43H44F2N6O3Si/c1-9-30-12-11-15-35(44)37(30)39(54-55(7,8)43(2,3)4)40-48-42-41(47-36(27-51(42)49-40)34-14-10-13-31(24-46)38(34)45)50(25-28-16-20-32(52-5)21-17-28)26-29-18-22-33(53-6)23-19-29/h9-23,27,39H,1,25-26H2,2-8H3. The van der Waals surface area contributed by atoms with Crippen LogP contribution in [0.3, 0.4) is 0 Å². The number of rotatable bonds is 13. The molecular weight excluding hydrogens is 715 g/mol.